The van der Waals surface area contributed by atoms with Crippen LogP contribution < -0.4 is 14.8 Å². The van der Waals surface area contributed by atoms with E-state index in [1.807, 2.05) is 30.3 Å². The monoisotopic (exact) mass is 495 g/mol. The number of rotatable bonds is 5. The average molecular weight is 496 g/mol. The number of aromatic nitrogens is 3. The molecule has 0 atom stereocenters. The third-order valence-corrected chi connectivity index (χ3v) is 6.34. The molecule has 0 aliphatic heterocycles. The van der Waals surface area contributed by atoms with Crippen LogP contribution in [-0.2, 0) is 0 Å². The summed E-state index contributed by atoms with van der Waals surface area (Å²) in [6.45, 7) is 0. The Kier molecular flexibility index (Phi) is 5.76. The lowest BCUT2D eigenvalue weighted by atomic mass is 10.2. The predicted molar refractivity (Wildman–Crippen MR) is 132 cm³/mol. The smallest absolute Gasteiger partial charge is 0.291 e. The van der Waals surface area contributed by atoms with Gasteiger partial charge in [0.2, 0.25) is 4.96 Å². The van der Waals surface area contributed by atoms with Crippen molar-refractivity contribution in [1.82, 2.24) is 14.6 Å². The molecule has 0 saturated heterocycles. The molecule has 0 unspecified atom stereocenters. The molecule has 0 N–H and O–H groups in total. The largest absolute Gasteiger partial charge is 0.497 e. The predicted octanol–water partition coefficient (Wildman–Crippen LogP) is 5.44. The number of benzene rings is 2. The lowest BCUT2D eigenvalue weighted by Crippen LogP contribution is -2.23. The molecule has 0 saturated carbocycles. The number of fused-ring (bicyclic) bond motifs is 1. The Bertz CT molecular complexity index is 1600. The Labute approximate surface area is 202 Å². The van der Waals surface area contributed by atoms with Gasteiger partial charge >= 0.3 is 0 Å². The average Bonchev–Trinajstić information content (AvgIpc) is 3.50. The first-order chi connectivity index (χ1) is 16.0. The van der Waals surface area contributed by atoms with Crippen LogP contribution in [0.5, 0.6) is 5.75 Å². The maximum atomic E-state index is 12.8. The van der Waals surface area contributed by atoms with Crippen LogP contribution in [0.4, 0.5) is 0 Å². The zero-order valence-electron chi connectivity index (χ0n) is 17.2. The third-order valence-electron chi connectivity index (χ3n) is 4.84. The summed E-state index contributed by atoms with van der Waals surface area (Å²) < 4.78 is 12.8. The van der Waals surface area contributed by atoms with Gasteiger partial charge in [0.25, 0.3) is 5.56 Å². The lowest BCUT2D eigenvalue weighted by Gasteiger charge is -2.00. The molecule has 0 amide bonds. The van der Waals surface area contributed by atoms with Gasteiger partial charge in [0.1, 0.15) is 21.8 Å². The maximum absolute atomic E-state index is 12.8. The second-order valence-electron chi connectivity index (χ2n) is 7.01. The minimum Gasteiger partial charge on any atom is -0.497 e. The Morgan fingerprint density at radius 3 is 2.61 bits per heavy atom. The standard InChI is InChI=1S/C24H15Cl2N3O3S/c1-31-16-6-2-14(3-7-16)4-11-22-27-24-29(28-22)23(30)21(33-24)13-17-8-10-20(32-17)18-9-5-15(25)12-19(18)26/h2-13H,1H3. The van der Waals surface area contributed by atoms with Gasteiger partial charge in [0.05, 0.1) is 12.1 Å². The molecular formula is C24H15Cl2N3O3S. The zero-order chi connectivity index (χ0) is 22.9. The van der Waals surface area contributed by atoms with Gasteiger partial charge in [-0.1, -0.05) is 52.7 Å². The molecule has 0 bridgehead atoms. The first-order valence-corrected chi connectivity index (χ1v) is 11.4. The fraction of sp³-hybridized carbons (Fsp3) is 0.0417. The van der Waals surface area contributed by atoms with Gasteiger partial charge in [-0.3, -0.25) is 4.79 Å². The summed E-state index contributed by atoms with van der Waals surface area (Å²) in [4.78, 5) is 17.7. The van der Waals surface area contributed by atoms with Crippen LogP contribution >= 0.6 is 34.5 Å². The molecule has 0 radical (unpaired) electrons. The van der Waals surface area contributed by atoms with Gasteiger partial charge in [0, 0.05) is 16.7 Å². The summed E-state index contributed by atoms with van der Waals surface area (Å²) in [7, 11) is 1.62. The van der Waals surface area contributed by atoms with Crippen molar-refractivity contribution in [1.29, 1.82) is 0 Å². The van der Waals surface area contributed by atoms with E-state index in [-0.39, 0.29) is 5.56 Å². The van der Waals surface area contributed by atoms with Crippen LogP contribution in [0.1, 0.15) is 17.1 Å². The highest BCUT2D eigenvalue weighted by atomic mass is 35.5. The number of furan rings is 1. The molecule has 33 heavy (non-hydrogen) atoms. The van der Waals surface area contributed by atoms with Gasteiger partial charge in [0.15, 0.2) is 5.82 Å². The van der Waals surface area contributed by atoms with Crippen molar-refractivity contribution in [2.75, 3.05) is 7.11 Å². The molecule has 9 heteroatoms. The van der Waals surface area contributed by atoms with Crippen molar-refractivity contribution in [3.63, 3.8) is 0 Å². The zero-order valence-corrected chi connectivity index (χ0v) is 19.5. The summed E-state index contributed by atoms with van der Waals surface area (Å²) in [5, 5.41) is 5.34. The first-order valence-electron chi connectivity index (χ1n) is 9.79. The van der Waals surface area contributed by atoms with Gasteiger partial charge in [-0.2, -0.15) is 9.50 Å². The third kappa shape index (κ3) is 4.43. The Morgan fingerprint density at radius 1 is 1.06 bits per heavy atom. The molecule has 5 rings (SSSR count). The number of hydrogen-bond acceptors (Lipinski definition) is 6. The number of ether oxygens (including phenoxy) is 1. The van der Waals surface area contributed by atoms with Gasteiger partial charge < -0.3 is 9.15 Å². The van der Waals surface area contributed by atoms with Gasteiger partial charge in [-0.05, 0) is 54.1 Å². The Balaban J connectivity index is 1.41. The molecule has 3 aromatic heterocycles. The molecule has 5 aromatic rings. The van der Waals surface area contributed by atoms with Crippen molar-refractivity contribution >= 4 is 57.7 Å². The van der Waals surface area contributed by atoms with Crippen LogP contribution in [0.15, 0.2) is 63.8 Å². The summed E-state index contributed by atoms with van der Waals surface area (Å²) in [6, 6.07) is 16.4. The molecule has 0 aliphatic rings. The molecule has 0 fully saturated rings. The molecule has 2 aromatic carbocycles. The fourth-order valence-electron chi connectivity index (χ4n) is 3.20. The van der Waals surface area contributed by atoms with E-state index in [4.69, 9.17) is 32.4 Å². The number of thiazole rings is 1. The molecule has 6 nitrogen and oxygen atoms in total. The molecule has 0 aliphatic carbocycles. The van der Waals surface area contributed by atoms with E-state index in [0.717, 1.165) is 16.9 Å². The summed E-state index contributed by atoms with van der Waals surface area (Å²) in [6.07, 6.45) is 5.31. The van der Waals surface area contributed by atoms with Crippen molar-refractivity contribution < 1.29 is 9.15 Å². The summed E-state index contributed by atoms with van der Waals surface area (Å²) >= 11 is 13.5. The summed E-state index contributed by atoms with van der Waals surface area (Å²) in [5.74, 6) is 2.35. The molecule has 3 heterocycles. The maximum Gasteiger partial charge on any atom is 0.291 e. The highest BCUT2D eigenvalue weighted by Crippen LogP contribution is 2.31. The normalized spacial score (nSPS) is 12.3. The van der Waals surface area contributed by atoms with Crippen molar-refractivity contribution in [3.8, 4) is 17.1 Å². The van der Waals surface area contributed by atoms with Crippen molar-refractivity contribution in [2.45, 2.75) is 0 Å². The Hall–Kier alpha value is -3.39. The number of hydrogen-bond donors (Lipinski definition) is 0. The topological polar surface area (TPSA) is 69.6 Å². The minimum absolute atomic E-state index is 0.255. The number of methoxy groups -OCH3 is 1. The van der Waals surface area contributed by atoms with Crippen molar-refractivity contribution in [3.05, 3.63) is 96.7 Å². The van der Waals surface area contributed by atoms with E-state index in [9.17, 15) is 4.79 Å². The van der Waals surface area contributed by atoms with Crippen LogP contribution in [0.3, 0.4) is 0 Å². The molecule has 0 spiro atoms. The van der Waals surface area contributed by atoms with Gasteiger partial charge in [-0.25, -0.2) is 0 Å². The quantitative estimate of drug-likeness (QED) is 0.324. The van der Waals surface area contributed by atoms with Crippen LogP contribution in [0, 0.1) is 0 Å². The van der Waals surface area contributed by atoms with E-state index in [2.05, 4.69) is 10.1 Å². The van der Waals surface area contributed by atoms with E-state index in [0.29, 0.717) is 36.9 Å². The highest BCUT2D eigenvalue weighted by Gasteiger charge is 2.11. The second-order valence-corrected chi connectivity index (χ2v) is 8.87. The number of nitrogens with zero attached hydrogens (tertiary/aromatic N) is 3. The number of halogens is 2. The van der Waals surface area contributed by atoms with Crippen molar-refractivity contribution in [2.24, 2.45) is 0 Å². The lowest BCUT2D eigenvalue weighted by molar-refractivity contribution is 0.415. The SMILES string of the molecule is COc1ccc(C=Cc2nc3sc(=Cc4ccc(-c5ccc(Cl)cc5Cl)o4)c(=O)n3n2)cc1. The summed E-state index contributed by atoms with van der Waals surface area (Å²) in [5.41, 5.74) is 1.44. The Morgan fingerprint density at radius 2 is 1.88 bits per heavy atom. The van der Waals surface area contributed by atoms with Crippen LogP contribution in [-0.4, -0.2) is 21.7 Å². The van der Waals surface area contributed by atoms with Crippen LogP contribution in [0.25, 0.3) is 34.5 Å². The molecular weight excluding hydrogens is 481 g/mol. The van der Waals surface area contributed by atoms with Crippen LogP contribution in [0.2, 0.25) is 10.0 Å². The molecule has 164 valence electrons. The van der Waals surface area contributed by atoms with E-state index in [1.165, 1.54) is 15.9 Å². The first kappa shape index (κ1) is 21.5. The van der Waals surface area contributed by atoms with E-state index in [1.54, 1.807) is 49.6 Å². The minimum atomic E-state index is -0.255. The van der Waals surface area contributed by atoms with E-state index < -0.39 is 0 Å². The second kappa shape index (κ2) is 8.86. The fourth-order valence-corrected chi connectivity index (χ4v) is 4.60. The highest BCUT2D eigenvalue weighted by molar-refractivity contribution is 7.15. The van der Waals surface area contributed by atoms with Gasteiger partial charge in [-0.15, -0.1) is 5.10 Å². The van der Waals surface area contributed by atoms with E-state index >= 15 is 0 Å².